The van der Waals surface area contributed by atoms with E-state index in [1.807, 2.05) is 0 Å². The van der Waals surface area contributed by atoms with Crippen molar-refractivity contribution in [2.75, 3.05) is 24.6 Å². The number of hydrogen-bond donors (Lipinski definition) is 1. The zero-order chi connectivity index (χ0) is 14.0. The summed E-state index contributed by atoms with van der Waals surface area (Å²) in [6, 6.07) is 0. The molecule has 1 unspecified atom stereocenters. The Kier molecular flexibility index (Phi) is 3.74. The van der Waals surface area contributed by atoms with Crippen LogP contribution in [0.5, 0.6) is 0 Å². The van der Waals surface area contributed by atoms with Gasteiger partial charge in [0.25, 0.3) is 5.91 Å². The molecule has 0 bridgehead atoms. The van der Waals surface area contributed by atoms with E-state index in [0.29, 0.717) is 13.0 Å². The molecular formula is C10H14N2O6S. The Morgan fingerprint density at radius 1 is 1.32 bits per heavy atom. The molecule has 2 aliphatic rings. The first-order valence-electron chi connectivity index (χ1n) is 5.84. The van der Waals surface area contributed by atoms with Gasteiger partial charge in [-0.1, -0.05) is 5.16 Å². The lowest BCUT2D eigenvalue weighted by molar-refractivity contribution is -0.141. The SMILES string of the molecule is O=C(O)C1=NOC(C(=O)N2CCCS(=O)(=O)CC2)C1. The number of carboxylic acid groups (broad SMARTS) is 1. The molecule has 1 saturated heterocycles. The fraction of sp³-hybridized carbons (Fsp3) is 0.700. The Hall–Kier alpha value is -1.64. The zero-order valence-electron chi connectivity index (χ0n) is 10.1. The summed E-state index contributed by atoms with van der Waals surface area (Å²) in [6.07, 6.45) is -0.655. The van der Waals surface area contributed by atoms with Gasteiger partial charge in [-0.25, -0.2) is 13.2 Å². The molecule has 2 heterocycles. The highest BCUT2D eigenvalue weighted by molar-refractivity contribution is 7.91. The van der Waals surface area contributed by atoms with E-state index in [-0.39, 0.29) is 30.2 Å². The van der Waals surface area contributed by atoms with Crippen molar-refractivity contribution in [3.05, 3.63) is 0 Å². The predicted octanol–water partition coefficient (Wildman–Crippen LogP) is -1.14. The van der Waals surface area contributed by atoms with Crippen LogP contribution < -0.4 is 0 Å². The van der Waals surface area contributed by atoms with Crippen LogP contribution in [-0.2, 0) is 24.3 Å². The summed E-state index contributed by atoms with van der Waals surface area (Å²) in [5, 5.41) is 12.1. The highest BCUT2D eigenvalue weighted by atomic mass is 32.2. The second kappa shape index (κ2) is 5.16. The first-order valence-corrected chi connectivity index (χ1v) is 7.66. The topological polar surface area (TPSA) is 113 Å². The molecule has 0 aromatic rings. The number of carbonyl (C=O) groups is 2. The second-order valence-corrected chi connectivity index (χ2v) is 6.78. The van der Waals surface area contributed by atoms with E-state index >= 15 is 0 Å². The molecule has 8 nitrogen and oxygen atoms in total. The van der Waals surface area contributed by atoms with E-state index in [9.17, 15) is 18.0 Å². The van der Waals surface area contributed by atoms with E-state index in [0.717, 1.165) is 0 Å². The number of sulfone groups is 1. The van der Waals surface area contributed by atoms with Gasteiger partial charge in [-0.15, -0.1) is 0 Å². The minimum Gasteiger partial charge on any atom is -0.477 e. The molecule has 1 fully saturated rings. The van der Waals surface area contributed by atoms with Crippen LogP contribution in [0.4, 0.5) is 0 Å². The van der Waals surface area contributed by atoms with Crippen molar-refractivity contribution in [3.63, 3.8) is 0 Å². The summed E-state index contributed by atoms with van der Waals surface area (Å²) in [5.41, 5.74) is -0.194. The average molecular weight is 290 g/mol. The number of rotatable bonds is 2. The molecule has 0 spiro atoms. The molecule has 0 aromatic heterocycles. The third-order valence-corrected chi connectivity index (χ3v) is 4.77. The lowest BCUT2D eigenvalue weighted by Crippen LogP contribution is -2.41. The van der Waals surface area contributed by atoms with Gasteiger partial charge in [-0.2, -0.15) is 0 Å². The first kappa shape index (κ1) is 13.8. The van der Waals surface area contributed by atoms with Crippen LogP contribution in [0.2, 0.25) is 0 Å². The summed E-state index contributed by atoms with van der Waals surface area (Å²) < 4.78 is 22.9. The van der Waals surface area contributed by atoms with Gasteiger partial charge in [-0.05, 0) is 6.42 Å². The van der Waals surface area contributed by atoms with Crippen LogP contribution in [0.3, 0.4) is 0 Å². The monoisotopic (exact) mass is 290 g/mol. The Labute approximate surface area is 109 Å². The fourth-order valence-corrected chi connectivity index (χ4v) is 3.27. The average Bonchev–Trinajstić information content (AvgIpc) is 2.75. The second-order valence-electron chi connectivity index (χ2n) is 4.47. The largest absolute Gasteiger partial charge is 0.477 e. The van der Waals surface area contributed by atoms with Crippen LogP contribution >= 0.6 is 0 Å². The predicted molar refractivity (Wildman–Crippen MR) is 64.4 cm³/mol. The molecule has 2 aliphatic heterocycles. The number of oxime groups is 1. The Morgan fingerprint density at radius 3 is 2.68 bits per heavy atom. The zero-order valence-corrected chi connectivity index (χ0v) is 10.9. The van der Waals surface area contributed by atoms with Gasteiger partial charge in [0.1, 0.15) is 0 Å². The molecule has 1 atom stereocenters. The van der Waals surface area contributed by atoms with Crippen molar-refractivity contribution in [2.45, 2.75) is 18.9 Å². The Balaban J connectivity index is 1.96. The summed E-state index contributed by atoms with van der Waals surface area (Å²) in [7, 11) is -3.09. The molecule has 1 amide bonds. The molecule has 9 heteroatoms. The number of carboxylic acids is 1. The number of hydrogen-bond acceptors (Lipinski definition) is 6. The Bertz CT molecular complexity index is 526. The maximum absolute atomic E-state index is 12.1. The van der Waals surface area contributed by atoms with Crippen molar-refractivity contribution in [1.29, 1.82) is 0 Å². The van der Waals surface area contributed by atoms with Gasteiger partial charge < -0.3 is 14.8 Å². The summed E-state index contributed by atoms with van der Waals surface area (Å²) >= 11 is 0. The normalized spacial score (nSPS) is 26.2. The van der Waals surface area contributed by atoms with Crippen molar-refractivity contribution in [2.24, 2.45) is 5.16 Å². The number of aliphatic carboxylic acids is 1. The Morgan fingerprint density at radius 2 is 2.05 bits per heavy atom. The molecular weight excluding hydrogens is 276 g/mol. The number of amides is 1. The molecule has 2 rings (SSSR count). The highest BCUT2D eigenvalue weighted by Crippen LogP contribution is 2.15. The van der Waals surface area contributed by atoms with Crippen LogP contribution in [0.25, 0.3) is 0 Å². The quantitative estimate of drug-likeness (QED) is 0.688. The van der Waals surface area contributed by atoms with Gasteiger partial charge in [0.15, 0.2) is 15.5 Å². The van der Waals surface area contributed by atoms with Crippen molar-refractivity contribution in [1.82, 2.24) is 4.90 Å². The summed E-state index contributed by atoms with van der Waals surface area (Å²) in [6.45, 7) is 0.448. The third kappa shape index (κ3) is 3.22. The van der Waals surface area contributed by atoms with Crippen LogP contribution in [-0.4, -0.2) is 66.7 Å². The smallest absolute Gasteiger partial charge is 0.353 e. The maximum Gasteiger partial charge on any atom is 0.353 e. The molecule has 0 saturated carbocycles. The van der Waals surface area contributed by atoms with Gasteiger partial charge in [0.2, 0.25) is 6.10 Å². The molecule has 0 aromatic carbocycles. The standard InChI is InChI=1S/C10H14N2O6S/c13-9(8-6-7(10(14)15)11-18-8)12-2-1-4-19(16,17)5-3-12/h8H,1-6H2,(H,14,15). The number of carbonyl (C=O) groups excluding carboxylic acids is 1. The van der Waals surface area contributed by atoms with Gasteiger partial charge in [0.05, 0.1) is 11.5 Å². The van der Waals surface area contributed by atoms with Crippen LogP contribution in [0.1, 0.15) is 12.8 Å². The van der Waals surface area contributed by atoms with Crippen molar-refractivity contribution < 1.29 is 28.0 Å². The van der Waals surface area contributed by atoms with E-state index < -0.39 is 27.8 Å². The van der Waals surface area contributed by atoms with Gasteiger partial charge >= 0.3 is 5.97 Å². The maximum atomic E-state index is 12.1. The van der Waals surface area contributed by atoms with Gasteiger partial charge in [0, 0.05) is 19.5 Å². The molecule has 1 N–H and O–H groups in total. The van der Waals surface area contributed by atoms with Crippen LogP contribution in [0, 0.1) is 0 Å². The van der Waals surface area contributed by atoms with Crippen LogP contribution in [0.15, 0.2) is 5.16 Å². The minimum absolute atomic E-state index is 0.0686. The summed E-state index contributed by atoms with van der Waals surface area (Å²) in [4.78, 5) is 28.9. The fourth-order valence-electron chi connectivity index (χ4n) is 2.00. The molecule has 19 heavy (non-hydrogen) atoms. The highest BCUT2D eigenvalue weighted by Gasteiger charge is 2.35. The van der Waals surface area contributed by atoms with E-state index in [1.54, 1.807) is 0 Å². The lowest BCUT2D eigenvalue weighted by Gasteiger charge is -2.21. The molecule has 0 radical (unpaired) electrons. The first-order chi connectivity index (χ1) is 8.89. The van der Waals surface area contributed by atoms with E-state index in [2.05, 4.69) is 5.16 Å². The minimum atomic E-state index is -3.09. The number of nitrogens with zero attached hydrogens (tertiary/aromatic N) is 2. The third-order valence-electron chi connectivity index (χ3n) is 3.06. The van der Waals surface area contributed by atoms with Crippen molar-refractivity contribution >= 4 is 27.4 Å². The molecule has 0 aliphatic carbocycles. The van der Waals surface area contributed by atoms with E-state index in [1.165, 1.54) is 4.90 Å². The summed E-state index contributed by atoms with van der Waals surface area (Å²) in [5.74, 6) is -1.62. The van der Waals surface area contributed by atoms with Crippen molar-refractivity contribution in [3.8, 4) is 0 Å². The van der Waals surface area contributed by atoms with E-state index in [4.69, 9.17) is 9.94 Å². The molecule has 106 valence electrons. The van der Waals surface area contributed by atoms with Gasteiger partial charge in [-0.3, -0.25) is 4.79 Å². The lowest BCUT2D eigenvalue weighted by atomic mass is 10.1.